The second-order valence-corrected chi connectivity index (χ2v) is 7.60. The van der Waals surface area contributed by atoms with Crippen molar-refractivity contribution in [2.24, 2.45) is 0 Å². The molecule has 0 saturated carbocycles. The van der Waals surface area contributed by atoms with Crippen molar-refractivity contribution < 1.29 is 4.39 Å². The molecule has 0 fully saturated rings. The summed E-state index contributed by atoms with van der Waals surface area (Å²) < 4.78 is 15.1. The average molecular weight is 369 g/mol. The summed E-state index contributed by atoms with van der Waals surface area (Å²) in [6, 6.07) is 8.95. The van der Waals surface area contributed by atoms with Crippen LogP contribution in [0.2, 0.25) is 0 Å². The number of rotatable bonds is 4. The van der Waals surface area contributed by atoms with Crippen molar-refractivity contribution >= 4 is 27.7 Å². The van der Waals surface area contributed by atoms with Gasteiger partial charge in [0.05, 0.1) is 4.47 Å². The molecule has 2 aromatic rings. The monoisotopic (exact) mass is 368 g/mol. The highest BCUT2D eigenvalue weighted by atomic mass is 79.9. The maximum Gasteiger partial charge on any atom is 0.128 e. The second kappa shape index (κ2) is 6.90. The van der Waals surface area contributed by atoms with E-state index >= 15 is 0 Å². The zero-order valence-corrected chi connectivity index (χ0v) is 14.7. The Kier molecular flexibility index (Phi) is 5.41. The summed E-state index contributed by atoms with van der Waals surface area (Å²) in [6.45, 7) is 6.69. The van der Waals surface area contributed by atoms with Gasteiger partial charge in [-0.15, -0.1) is 0 Å². The van der Waals surface area contributed by atoms with E-state index in [0.717, 1.165) is 14.4 Å². The lowest BCUT2D eigenvalue weighted by molar-refractivity contribution is 0.416. The van der Waals surface area contributed by atoms with Crippen molar-refractivity contribution in [2.45, 2.75) is 42.8 Å². The van der Waals surface area contributed by atoms with Crippen LogP contribution in [0.4, 0.5) is 4.39 Å². The molecule has 0 unspecified atom stereocenters. The minimum absolute atomic E-state index is 0.0597. The molecule has 0 bridgehead atoms. The van der Waals surface area contributed by atoms with Crippen LogP contribution in [0.1, 0.15) is 26.3 Å². The molecular weight excluding hydrogens is 351 g/mol. The lowest BCUT2D eigenvalue weighted by Crippen LogP contribution is -2.35. The summed E-state index contributed by atoms with van der Waals surface area (Å²) in [5.41, 5.74) is 0.616. The Hall–Kier alpha value is -0.910. The summed E-state index contributed by atoms with van der Waals surface area (Å²) in [6.07, 6.45) is 1.74. The predicted molar refractivity (Wildman–Crippen MR) is 89.1 cm³/mol. The number of benzene rings is 1. The number of halogens is 2. The maximum absolute atomic E-state index is 14.1. The Labute approximate surface area is 137 Å². The summed E-state index contributed by atoms with van der Waals surface area (Å²) in [7, 11) is 0. The fourth-order valence-electron chi connectivity index (χ4n) is 1.71. The zero-order chi connectivity index (χ0) is 15.5. The molecule has 0 atom stereocenters. The third kappa shape index (κ3) is 4.80. The van der Waals surface area contributed by atoms with Crippen LogP contribution in [0.5, 0.6) is 0 Å². The van der Waals surface area contributed by atoms with Crippen LogP contribution in [0, 0.1) is 5.82 Å². The van der Waals surface area contributed by atoms with Gasteiger partial charge in [-0.3, -0.25) is 0 Å². The van der Waals surface area contributed by atoms with Gasteiger partial charge < -0.3 is 5.32 Å². The highest BCUT2D eigenvalue weighted by Gasteiger charge is 2.15. The molecule has 0 spiro atoms. The van der Waals surface area contributed by atoms with Crippen LogP contribution in [-0.2, 0) is 6.54 Å². The topological polar surface area (TPSA) is 24.9 Å². The number of nitrogens with zero attached hydrogens (tertiary/aromatic N) is 1. The first kappa shape index (κ1) is 16.5. The van der Waals surface area contributed by atoms with Crippen LogP contribution in [0.25, 0.3) is 0 Å². The van der Waals surface area contributed by atoms with E-state index in [2.05, 4.69) is 47.0 Å². The maximum atomic E-state index is 14.1. The second-order valence-electron chi connectivity index (χ2n) is 5.71. The van der Waals surface area contributed by atoms with Gasteiger partial charge in [-0.05, 0) is 61.0 Å². The van der Waals surface area contributed by atoms with Crippen molar-refractivity contribution in [1.82, 2.24) is 10.3 Å². The molecule has 1 aromatic carbocycles. The van der Waals surface area contributed by atoms with Gasteiger partial charge in [0.25, 0.3) is 0 Å². The molecule has 0 saturated heterocycles. The van der Waals surface area contributed by atoms with Gasteiger partial charge in [-0.1, -0.05) is 17.8 Å². The Morgan fingerprint density at radius 3 is 2.67 bits per heavy atom. The van der Waals surface area contributed by atoms with Crippen molar-refractivity contribution in [3.8, 4) is 0 Å². The van der Waals surface area contributed by atoms with E-state index in [-0.39, 0.29) is 11.4 Å². The average Bonchev–Trinajstić information content (AvgIpc) is 2.39. The van der Waals surface area contributed by atoms with Crippen LogP contribution in [-0.4, -0.2) is 10.5 Å². The molecule has 0 aliphatic rings. The number of aromatic nitrogens is 1. The molecule has 1 aromatic heterocycles. The fourth-order valence-corrected chi connectivity index (χ4v) is 3.13. The smallest absolute Gasteiger partial charge is 0.128 e. The molecule has 2 nitrogen and oxygen atoms in total. The van der Waals surface area contributed by atoms with E-state index in [1.807, 2.05) is 18.2 Å². The van der Waals surface area contributed by atoms with Gasteiger partial charge in [0.15, 0.2) is 0 Å². The number of nitrogens with one attached hydrogen (secondary N) is 1. The molecule has 0 amide bonds. The Bertz CT molecular complexity index is 626. The summed E-state index contributed by atoms with van der Waals surface area (Å²) in [5, 5.41) is 4.17. The van der Waals surface area contributed by atoms with Crippen molar-refractivity contribution in [3.05, 3.63) is 52.4 Å². The third-order valence-corrected chi connectivity index (χ3v) is 4.83. The standard InChI is InChI=1S/C16H18BrFN2S/c1-16(2,3)20-10-11-13(18)7-4-8-14(11)21-15-12(17)6-5-9-19-15/h4-9,20H,10H2,1-3H3. The van der Waals surface area contributed by atoms with Gasteiger partial charge in [-0.25, -0.2) is 9.37 Å². The third-order valence-electron chi connectivity index (χ3n) is 2.80. The molecule has 0 aliphatic heterocycles. The minimum atomic E-state index is -0.191. The van der Waals surface area contributed by atoms with Crippen LogP contribution >= 0.6 is 27.7 Å². The zero-order valence-electron chi connectivity index (χ0n) is 12.3. The molecule has 1 N–H and O–H groups in total. The lowest BCUT2D eigenvalue weighted by Gasteiger charge is -2.21. The molecule has 1 heterocycles. The van der Waals surface area contributed by atoms with Gasteiger partial charge in [0, 0.05) is 28.7 Å². The molecule has 0 aliphatic carbocycles. The van der Waals surface area contributed by atoms with E-state index in [1.165, 1.54) is 17.8 Å². The molecule has 21 heavy (non-hydrogen) atoms. The van der Waals surface area contributed by atoms with Crippen molar-refractivity contribution in [2.75, 3.05) is 0 Å². The van der Waals surface area contributed by atoms with Crippen molar-refractivity contribution in [1.29, 1.82) is 0 Å². The number of hydrogen-bond donors (Lipinski definition) is 1. The first-order valence-corrected chi connectivity index (χ1v) is 8.28. The minimum Gasteiger partial charge on any atom is -0.308 e. The molecular formula is C16H18BrFN2S. The van der Waals surface area contributed by atoms with E-state index in [9.17, 15) is 4.39 Å². The SMILES string of the molecule is CC(C)(C)NCc1c(F)cccc1Sc1ncccc1Br. The summed E-state index contributed by atoms with van der Waals surface area (Å²) in [5.74, 6) is -0.191. The van der Waals surface area contributed by atoms with Crippen LogP contribution in [0.15, 0.2) is 50.9 Å². The Morgan fingerprint density at radius 2 is 2.00 bits per heavy atom. The molecule has 5 heteroatoms. The first-order valence-electron chi connectivity index (χ1n) is 6.67. The predicted octanol–water partition coefficient (Wildman–Crippen LogP) is 5.02. The number of hydrogen-bond acceptors (Lipinski definition) is 3. The van der Waals surface area contributed by atoms with E-state index < -0.39 is 0 Å². The Morgan fingerprint density at radius 1 is 1.24 bits per heavy atom. The molecule has 2 rings (SSSR count). The highest BCUT2D eigenvalue weighted by molar-refractivity contribution is 9.10. The quantitative estimate of drug-likeness (QED) is 0.819. The largest absolute Gasteiger partial charge is 0.308 e. The lowest BCUT2D eigenvalue weighted by atomic mass is 10.1. The normalized spacial score (nSPS) is 11.7. The molecule has 0 radical (unpaired) electrons. The van der Waals surface area contributed by atoms with Crippen LogP contribution < -0.4 is 5.32 Å². The van der Waals surface area contributed by atoms with Gasteiger partial charge in [0.1, 0.15) is 10.8 Å². The van der Waals surface area contributed by atoms with E-state index in [0.29, 0.717) is 12.1 Å². The summed E-state index contributed by atoms with van der Waals surface area (Å²) in [4.78, 5) is 5.21. The summed E-state index contributed by atoms with van der Waals surface area (Å²) >= 11 is 4.94. The first-order chi connectivity index (χ1) is 9.87. The van der Waals surface area contributed by atoms with E-state index in [1.54, 1.807) is 12.3 Å². The van der Waals surface area contributed by atoms with Gasteiger partial charge in [-0.2, -0.15) is 0 Å². The van der Waals surface area contributed by atoms with Crippen LogP contribution in [0.3, 0.4) is 0 Å². The Balaban J connectivity index is 2.27. The van der Waals surface area contributed by atoms with Crippen molar-refractivity contribution in [3.63, 3.8) is 0 Å². The fraction of sp³-hybridized carbons (Fsp3) is 0.312. The number of pyridine rings is 1. The van der Waals surface area contributed by atoms with Gasteiger partial charge >= 0.3 is 0 Å². The van der Waals surface area contributed by atoms with E-state index in [4.69, 9.17) is 0 Å². The highest BCUT2D eigenvalue weighted by Crippen LogP contribution is 2.34. The molecule has 112 valence electrons. The van der Waals surface area contributed by atoms with Gasteiger partial charge in [0.2, 0.25) is 0 Å².